The average molecular weight is 418 g/mol. The van der Waals surface area contributed by atoms with Gasteiger partial charge in [0.2, 0.25) is 35.1 Å². The standard InChI is InChI=1S/C23H20N3O5/c1-3-14(2)25-13-24(12-19(27)15-8-10-16(11-9-15)26(30)31)20-21(25)23(29)18-7-5-4-6-17(18)22(20)28/h4-11,13-14H,3,12H2,1-2H3/q+1. The van der Waals surface area contributed by atoms with E-state index in [0.29, 0.717) is 11.1 Å². The zero-order valence-corrected chi connectivity index (χ0v) is 17.1. The summed E-state index contributed by atoms with van der Waals surface area (Å²) in [5.74, 6) is -0.862. The molecule has 8 nitrogen and oxygen atoms in total. The Morgan fingerprint density at radius 3 is 2.26 bits per heavy atom. The fourth-order valence-corrected chi connectivity index (χ4v) is 3.79. The molecule has 1 atom stereocenters. The topological polar surface area (TPSA) is 103 Å². The van der Waals surface area contributed by atoms with Gasteiger partial charge in [0, 0.05) is 28.8 Å². The van der Waals surface area contributed by atoms with Crippen LogP contribution >= 0.6 is 0 Å². The maximum Gasteiger partial charge on any atom is 0.269 e. The molecule has 1 aliphatic carbocycles. The highest BCUT2D eigenvalue weighted by Crippen LogP contribution is 2.28. The number of Topliss-reactive ketones (excluding diaryl/α,β-unsaturated/α-hetero) is 1. The molecule has 1 heterocycles. The molecule has 1 aromatic heterocycles. The van der Waals surface area contributed by atoms with Crippen molar-refractivity contribution in [3.8, 4) is 0 Å². The van der Waals surface area contributed by atoms with Crippen molar-refractivity contribution in [2.45, 2.75) is 32.9 Å². The number of fused-ring (bicyclic) bond motifs is 2. The molecular formula is C23H20N3O5+. The van der Waals surface area contributed by atoms with Gasteiger partial charge in [0.15, 0.2) is 6.54 Å². The smallest absolute Gasteiger partial charge is 0.269 e. The Morgan fingerprint density at radius 1 is 1.06 bits per heavy atom. The molecule has 156 valence electrons. The third kappa shape index (κ3) is 3.35. The fraction of sp³-hybridized carbons (Fsp3) is 0.217. The van der Waals surface area contributed by atoms with E-state index in [2.05, 4.69) is 0 Å². The van der Waals surface area contributed by atoms with E-state index in [1.165, 1.54) is 28.8 Å². The van der Waals surface area contributed by atoms with Gasteiger partial charge in [-0.1, -0.05) is 31.2 Å². The van der Waals surface area contributed by atoms with Crippen molar-refractivity contribution < 1.29 is 23.9 Å². The molecular weight excluding hydrogens is 398 g/mol. The lowest BCUT2D eigenvalue weighted by molar-refractivity contribution is -0.684. The van der Waals surface area contributed by atoms with Crippen LogP contribution in [-0.4, -0.2) is 26.8 Å². The summed E-state index contributed by atoms with van der Waals surface area (Å²) in [6.07, 6.45) is 2.38. The number of ketones is 3. The van der Waals surface area contributed by atoms with Crippen molar-refractivity contribution in [3.05, 3.63) is 93.1 Å². The molecule has 0 saturated heterocycles. The number of benzene rings is 2. The number of imidazole rings is 1. The van der Waals surface area contributed by atoms with Gasteiger partial charge in [0.05, 0.1) is 11.0 Å². The van der Waals surface area contributed by atoms with E-state index in [9.17, 15) is 24.5 Å². The van der Waals surface area contributed by atoms with Gasteiger partial charge in [0.1, 0.15) is 0 Å². The lowest BCUT2D eigenvalue weighted by Gasteiger charge is -2.14. The Kier molecular flexibility index (Phi) is 5.06. The van der Waals surface area contributed by atoms with Crippen molar-refractivity contribution in [3.63, 3.8) is 0 Å². The van der Waals surface area contributed by atoms with Crippen LogP contribution in [-0.2, 0) is 6.54 Å². The monoisotopic (exact) mass is 418 g/mol. The number of aromatic nitrogens is 2. The predicted octanol–water partition coefficient (Wildman–Crippen LogP) is 3.31. The molecule has 0 N–H and O–H groups in total. The average Bonchev–Trinajstić information content (AvgIpc) is 3.16. The van der Waals surface area contributed by atoms with E-state index in [1.54, 1.807) is 35.2 Å². The van der Waals surface area contributed by atoms with Crippen molar-refractivity contribution in [1.29, 1.82) is 0 Å². The second-order valence-electron chi connectivity index (χ2n) is 7.54. The number of nitro groups is 1. The van der Waals surface area contributed by atoms with Crippen LogP contribution in [0.15, 0.2) is 54.9 Å². The molecule has 8 heteroatoms. The van der Waals surface area contributed by atoms with Gasteiger partial charge in [-0.2, -0.15) is 0 Å². The number of carbonyl (C=O) groups excluding carboxylic acids is 3. The van der Waals surface area contributed by atoms with Crippen molar-refractivity contribution >= 4 is 23.0 Å². The molecule has 0 bridgehead atoms. The summed E-state index contributed by atoms with van der Waals surface area (Å²) in [5.41, 5.74) is 1.34. The number of carbonyl (C=O) groups is 3. The van der Waals surface area contributed by atoms with Gasteiger partial charge in [-0.3, -0.25) is 24.5 Å². The van der Waals surface area contributed by atoms with Gasteiger partial charge < -0.3 is 0 Å². The molecule has 31 heavy (non-hydrogen) atoms. The van der Waals surface area contributed by atoms with Crippen LogP contribution in [0.25, 0.3) is 0 Å². The number of hydrogen-bond acceptors (Lipinski definition) is 5. The molecule has 0 fully saturated rings. The van der Waals surface area contributed by atoms with Crippen molar-refractivity contribution in [1.82, 2.24) is 4.57 Å². The fourth-order valence-electron chi connectivity index (χ4n) is 3.79. The minimum absolute atomic E-state index is 0.0495. The summed E-state index contributed by atoms with van der Waals surface area (Å²) in [6, 6.07) is 11.9. The molecule has 1 aliphatic rings. The Balaban J connectivity index is 1.78. The molecule has 0 amide bonds. The van der Waals surface area contributed by atoms with Gasteiger partial charge in [-0.05, 0) is 25.5 Å². The van der Waals surface area contributed by atoms with Crippen LogP contribution in [0.1, 0.15) is 68.8 Å². The molecule has 0 spiro atoms. The molecule has 0 aliphatic heterocycles. The van der Waals surface area contributed by atoms with Crippen LogP contribution in [0, 0.1) is 10.1 Å². The second kappa shape index (κ2) is 7.71. The number of rotatable bonds is 6. The molecule has 3 aromatic rings. The Bertz CT molecular complexity index is 1240. The first-order valence-corrected chi connectivity index (χ1v) is 9.93. The maximum absolute atomic E-state index is 13.3. The van der Waals surface area contributed by atoms with Crippen molar-refractivity contribution in [2.75, 3.05) is 0 Å². The first kappa shape index (κ1) is 20.3. The number of nitro benzene ring substituents is 1. The molecule has 4 rings (SSSR count). The Morgan fingerprint density at radius 2 is 1.68 bits per heavy atom. The number of hydrogen-bond donors (Lipinski definition) is 0. The number of nitrogens with zero attached hydrogens (tertiary/aromatic N) is 3. The van der Waals surface area contributed by atoms with Crippen LogP contribution in [0.4, 0.5) is 5.69 Å². The summed E-state index contributed by atoms with van der Waals surface area (Å²) in [6.45, 7) is 3.76. The van der Waals surface area contributed by atoms with Crippen molar-refractivity contribution in [2.24, 2.45) is 0 Å². The quantitative estimate of drug-likeness (QED) is 0.207. The van der Waals surface area contributed by atoms with Crippen LogP contribution in [0.2, 0.25) is 0 Å². The first-order valence-electron chi connectivity index (χ1n) is 9.93. The summed E-state index contributed by atoms with van der Waals surface area (Å²) >= 11 is 0. The zero-order valence-electron chi connectivity index (χ0n) is 17.1. The molecule has 2 aromatic carbocycles. The SMILES string of the molecule is CCC(C)n1c[n+](CC(=O)c2ccc([N+](=O)[O-])cc2)c2c1C(=O)c1ccccc1C2=O. The highest BCUT2D eigenvalue weighted by atomic mass is 16.6. The normalized spacial score (nSPS) is 13.5. The predicted molar refractivity (Wildman–Crippen MR) is 110 cm³/mol. The van der Waals surface area contributed by atoms with E-state index < -0.39 is 4.92 Å². The van der Waals surface area contributed by atoms with E-state index in [-0.39, 0.29) is 52.6 Å². The molecule has 1 unspecified atom stereocenters. The maximum atomic E-state index is 13.3. The highest BCUT2D eigenvalue weighted by molar-refractivity contribution is 6.26. The Labute approximate surface area is 177 Å². The summed E-state index contributed by atoms with van der Waals surface area (Å²) in [7, 11) is 0. The second-order valence-corrected chi connectivity index (χ2v) is 7.54. The van der Waals surface area contributed by atoms with E-state index in [1.807, 2.05) is 13.8 Å². The van der Waals surface area contributed by atoms with Crippen LogP contribution in [0.3, 0.4) is 0 Å². The third-order valence-corrected chi connectivity index (χ3v) is 5.66. The lowest BCUT2D eigenvalue weighted by atomic mass is 9.89. The van der Waals surface area contributed by atoms with Gasteiger partial charge in [0.25, 0.3) is 5.69 Å². The molecule has 0 saturated carbocycles. The first-order chi connectivity index (χ1) is 14.8. The highest BCUT2D eigenvalue weighted by Gasteiger charge is 2.42. The summed E-state index contributed by atoms with van der Waals surface area (Å²) < 4.78 is 3.27. The van der Waals surface area contributed by atoms with E-state index >= 15 is 0 Å². The summed E-state index contributed by atoms with van der Waals surface area (Å²) in [5, 5.41) is 10.8. The van der Waals surface area contributed by atoms with Gasteiger partial charge in [-0.15, -0.1) is 0 Å². The third-order valence-electron chi connectivity index (χ3n) is 5.66. The Hall–Kier alpha value is -3.94. The minimum atomic E-state index is -0.534. The van der Waals surface area contributed by atoms with E-state index in [0.717, 1.165) is 6.42 Å². The minimum Gasteiger partial charge on any atom is -0.290 e. The summed E-state index contributed by atoms with van der Waals surface area (Å²) in [4.78, 5) is 49.7. The van der Waals surface area contributed by atoms with Crippen LogP contribution < -0.4 is 4.57 Å². The van der Waals surface area contributed by atoms with E-state index in [4.69, 9.17) is 0 Å². The zero-order chi connectivity index (χ0) is 22.3. The molecule has 0 radical (unpaired) electrons. The number of non-ortho nitro benzene ring substituents is 1. The lowest BCUT2D eigenvalue weighted by Crippen LogP contribution is -2.43. The van der Waals surface area contributed by atoms with Gasteiger partial charge in [-0.25, -0.2) is 9.13 Å². The van der Waals surface area contributed by atoms with Gasteiger partial charge >= 0.3 is 0 Å². The largest absolute Gasteiger partial charge is 0.290 e. The van der Waals surface area contributed by atoms with Crippen LogP contribution in [0.5, 0.6) is 0 Å².